The highest BCUT2D eigenvalue weighted by Crippen LogP contribution is 2.29. The topological polar surface area (TPSA) is 3.88 Å². The Hall–Kier alpha value is -3.45. The summed E-state index contributed by atoms with van der Waals surface area (Å²) in [4.78, 5) is 0. The molecule has 0 amide bonds. The average molecular weight is 348 g/mol. The van der Waals surface area contributed by atoms with Gasteiger partial charge in [-0.1, -0.05) is 73.3 Å². The van der Waals surface area contributed by atoms with E-state index in [9.17, 15) is 0 Å². The standard InChI is InChI=1S/C26H22N/c1-2-18-27-25(22-14-8-4-9-15-22)19-24(21-12-6-3-7-13-21)20-26(27)23-16-10-5-11-17-23/h2-17,19-20H,1,18H2/q+1. The molecule has 1 heterocycles. The van der Waals surface area contributed by atoms with Crippen LogP contribution in [0, 0.1) is 0 Å². The number of allylic oxidation sites excluding steroid dienone is 1. The van der Waals surface area contributed by atoms with Crippen LogP contribution in [0.4, 0.5) is 0 Å². The first-order chi connectivity index (χ1) is 13.4. The minimum Gasteiger partial charge on any atom is -0.188 e. The van der Waals surface area contributed by atoms with Gasteiger partial charge in [0.25, 0.3) is 0 Å². The van der Waals surface area contributed by atoms with Crippen molar-refractivity contribution in [3.05, 3.63) is 116 Å². The number of hydrogen-bond acceptors (Lipinski definition) is 0. The molecule has 0 bridgehead atoms. The molecule has 0 spiro atoms. The van der Waals surface area contributed by atoms with Crippen molar-refractivity contribution in [3.63, 3.8) is 0 Å². The van der Waals surface area contributed by atoms with Crippen LogP contribution in [0.15, 0.2) is 116 Å². The third-order valence-corrected chi connectivity index (χ3v) is 4.72. The minimum atomic E-state index is 0.753. The Bertz CT molecular complexity index is 975. The van der Waals surface area contributed by atoms with E-state index < -0.39 is 0 Å². The van der Waals surface area contributed by atoms with Gasteiger partial charge in [0.15, 0.2) is 6.54 Å². The summed E-state index contributed by atoms with van der Waals surface area (Å²) in [5.41, 5.74) is 7.22. The first kappa shape index (κ1) is 17.0. The summed E-state index contributed by atoms with van der Waals surface area (Å²) >= 11 is 0. The largest absolute Gasteiger partial charge is 0.213 e. The van der Waals surface area contributed by atoms with Crippen molar-refractivity contribution < 1.29 is 4.57 Å². The molecule has 0 aliphatic carbocycles. The van der Waals surface area contributed by atoms with Crippen LogP contribution in [0.25, 0.3) is 33.6 Å². The average Bonchev–Trinajstić information content (AvgIpc) is 2.76. The molecule has 0 aliphatic rings. The van der Waals surface area contributed by atoms with Crippen LogP contribution in [-0.4, -0.2) is 0 Å². The van der Waals surface area contributed by atoms with Crippen LogP contribution in [0.5, 0.6) is 0 Å². The molecule has 1 aromatic heterocycles. The van der Waals surface area contributed by atoms with E-state index in [0.717, 1.165) is 6.54 Å². The predicted molar refractivity (Wildman–Crippen MR) is 113 cm³/mol. The minimum absolute atomic E-state index is 0.753. The molecule has 0 aliphatic heterocycles. The molecule has 0 saturated heterocycles. The van der Waals surface area contributed by atoms with E-state index in [0.29, 0.717) is 0 Å². The monoisotopic (exact) mass is 348 g/mol. The summed E-state index contributed by atoms with van der Waals surface area (Å²) in [6, 6.07) is 36.2. The maximum absolute atomic E-state index is 3.99. The maximum Gasteiger partial charge on any atom is 0.213 e. The molecule has 0 radical (unpaired) electrons. The highest BCUT2D eigenvalue weighted by molar-refractivity contribution is 5.73. The highest BCUT2D eigenvalue weighted by Gasteiger charge is 2.21. The first-order valence-corrected chi connectivity index (χ1v) is 9.22. The number of pyridine rings is 1. The van der Waals surface area contributed by atoms with Gasteiger partial charge in [0, 0.05) is 23.3 Å². The van der Waals surface area contributed by atoms with E-state index >= 15 is 0 Å². The molecule has 3 aromatic carbocycles. The molecule has 4 rings (SSSR count). The maximum atomic E-state index is 3.99. The van der Waals surface area contributed by atoms with Crippen molar-refractivity contribution in [3.8, 4) is 33.6 Å². The molecule has 0 atom stereocenters. The molecule has 1 nitrogen and oxygen atoms in total. The lowest BCUT2D eigenvalue weighted by Crippen LogP contribution is -2.38. The van der Waals surface area contributed by atoms with Crippen molar-refractivity contribution in [2.75, 3.05) is 0 Å². The highest BCUT2D eigenvalue weighted by atomic mass is 15.0. The van der Waals surface area contributed by atoms with Crippen LogP contribution in [0.3, 0.4) is 0 Å². The van der Waals surface area contributed by atoms with Crippen molar-refractivity contribution in [1.29, 1.82) is 0 Å². The molecule has 0 saturated carbocycles. The fraction of sp³-hybridized carbons (Fsp3) is 0.0385. The number of hydrogen-bond donors (Lipinski definition) is 0. The van der Waals surface area contributed by atoms with Crippen LogP contribution < -0.4 is 4.57 Å². The van der Waals surface area contributed by atoms with Gasteiger partial charge in [-0.3, -0.25) is 0 Å². The third kappa shape index (κ3) is 3.58. The zero-order valence-corrected chi connectivity index (χ0v) is 15.3. The van der Waals surface area contributed by atoms with E-state index in [4.69, 9.17) is 0 Å². The van der Waals surface area contributed by atoms with Gasteiger partial charge in [-0.2, -0.15) is 4.57 Å². The SMILES string of the molecule is C=CC[n+]1c(-c2ccccc2)cc(-c2ccccc2)cc1-c1ccccc1. The number of benzene rings is 3. The van der Waals surface area contributed by atoms with Gasteiger partial charge in [-0.25, -0.2) is 0 Å². The van der Waals surface area contributed by atoms with Gasteiger partial charge in [0.05, 0.1) is 0 Å². The molecule has 1 heteroatoms. The number of nitrogens with zero attached hydrogens (tertiary/aromatic N) is 1. The summed E-state index contributed by atoms with van der Waals surface area (Å²) in [7, 11) is 0. The van der Waals surface area contributed by atoms with Crippen molar-refractivity contribution >= 4 is 0 Å². The number of rotatable bonds is 5. The molecule has 0 N–H and O–H groups in total. The summed E-state index contributed by atoms with van der Waals surface area (Å²) < 4.78 is 2.34. The van der Waals surface area contributed by atoms with Gasteiger partial charge in [0.2, 0.25) is 11.4 Å². The van der Waals surface area contributed by atoms with Gasteiger partial charge >= 0.3 is 0 Å². The fourth-order valence-corrected chi connectivity index (χ4v) is 3.44. The van der Waals surface area contributed by atoms with Gasteiger partial charge in [-0.15, -0.1) is 0 Å². The molecular formula is C26H22N+. The lowest BCUT2D eigenvalue weighted by molar-refractivity contribution is -0.665. The van der Waals surface area contributed by atoms with E-state index in [-0.39, 0.29) is 0 Å². The normalized spacial score (nSPS) is 10.5. The van der Waals surface area contributed by atoms with Crippen LogP contribution >= 0.6 is 0 Å². The molecule has 4 aromatic rings. The second kappa shape index (κ2) is 7.84. The summed E-state index contributed by atoms with van der Waals surface area (Å²) in [5.74, 6) is 0. The fourth-order valence-electron chi connectivity index (χ4n) is 3.44. The zero-order valence-electron chi connectivity index (χ0n) is 15.3. The zero-order chi connectivity index (χ0) is 18.5. The Kier molecular flexibility index (Phi) is 4.93. The Morgan fingerprint density at radius 1 is 0.556 bits per heavy atom. The van der Waals surface area contributed by atoms with E-state index in [1.807, 2.05) is 6.08 Å². The lowest BCUT2D eigenvalue weighted by Gasteiger charge is -2.12. The smallest absolute Gasteiger partial charge is 0.188 e. The molecule has 0 fully saturated rings. The summed E-state index contributed by atoms with van der Waals surface area (Å²) in [6.07, 6.45) is 1.96. The van der Waals surface area contributed by atoms with Gasteiger partial charge < -0.3 is 0 Å². The molecule has 130 valence electrons. The van der Waals surface area contributed by atoms with Crippen LogP contribution in [0.2, 0.25) is 0 Å². The van der Waals surface area contributed by atoms with E-state index in [2.05, 4.69) is 114 Å². The van der Waals surface area contributed by atoms with E-state index in [1.165, 1.54) is 33.6 Å². The summed E-state index contributed by atoms with van der Waals surface area (Å²) in [6.45, 7) is 4.74. The van der Waals surface area contributed by atoms with Crippen molar-refractivity contribution in [2.24, 2.45) is 0 Å². The van der Waals surface area contributed by atoms with Gasteiger partial charge in [-0.05, 0) is 41.5 Å². The molecule has 0 unspecified atom stereocenters. The second-order valence-electron chi connectivity index (χ2n) is 6.51. The van der Waals surface area contributed by atoms with E-state index in [1.54, 1.807) is 0 Å². The quantitative estimate of drug-likeness (QED) is 0.300. The number of aromatic nitrogens is 1. The van der Waals surface area contributed by atoms with Crippen LogP contribution in [-0.2, 0) is 6.54 Å². The van der Waals surface area contributed by atoms with Gasteiger partial charge in [0.1, 0.15) is 0 Å². The lowest BCUT2D eigenvalue weighted by atomic mass is 9.99. The Morgan fingerprint density at radius 3 is 1.37 bits per heavy atom. The summed E-state index contributed by atoms with van der Waals surface area (Å²) in [5, 5.41) is 0. The Morgan fingerprint density at radius 2 is 0.963 bits per heavy atom. The molecular weight excluding hydrogens is 326 g/mol. The third-order valence-electron chi connectivity index (χ3n) is 4.72. The van der Waals surface area contributed by atoms with Crippen molar-refractivity contribution in [2.45, 2.75) is 6.54 Å². The Balaban J connectivity index is 2.03. The first-order valence-electron chi connectivity index (χ1n) is 9.22. The predicted octanol–water partition coefficient (Wildman–Crippen LogP) is 6.16. The second-order valence-corrected chi connectivity index (χ2v) is 6.51. The Labute approximate surface area is 160 Å². The molecule has 27 heavy (non-hydrogen) atoms. The van der Waals surface area contributed by atoms with Crippen LogP contribution in [0.1, 0.15) is 0 Å². The van der Waals surface area contributed by atoms with Crippen molar-refractivity contribution in [1.82, 2.24) is 0 Å².